The molecule has 0 saturated heterocycles. The number of phenols is 2. The van der Waals surface area contributed by atoms with E-state index in [1.54, 1.807) is 31.2 Å². The number of aromatic hydroxyl groups is 2. The van der Waals surface area contributed by atoms with Gasteiger partial charge in [-0.2, -0.15) is 5.26 Å². The molecule has 6 heteroatoms. The van der Waals surface area contributed by atoms with Crippen LogP contribution in [0.4, 0.5) is 0 Å². The zero-order valence-corrected chi connectivity index (χ0v) is 15.4. The van der Waals surface area contributed by atoms with Gasteiger partial charge >= 0.3 is 0 Å². The first-order valence-corrected chi connectivity index (χ1v) is 8.95. The average Bonchev–Trinajstić information content (AvgIpc) is 2.63. The maximum Gasteiger partial charge on any atom is 0.255 e. The van der Waals surface area contributed by atoms with Crippen LogP contribution >= 0.6 is 0 Å². The van der Waals surface area contributed by atoms with E-state index in [4.69, 9.17) is 10.00 Å². The molecule has 3 N–H and O–H groups in total. The number of carbonyl (C=O) groups is 1. The maximum absolute atomic E-state index is 12.1. The van der Waals surface area contributed by atoms with Gasteiger partial charge in [-0.3, -0.25) is 4.79 Å². The Morgan fingerprint density at radius 2 is 1.81 bits per heavy atom. The summed E-state index contributed by atoms with van der Waals surface area (Å²) in [5.74, 6) is 0.134. The third-order valence-electron chi connectivity index (χ3n) is 4.14. The molecule has 1 amide bonds. The number of carbonyl (C=O) groups excluding carboxylic acids is 1. The third-order valence-corrected chi connectivity index (χ3v) is 4.14. The number of unbranched alkanes of at least 4 members (excludes halogenated alkanes) is 3. The van der Waals surface area contributed by atoms with Gasteiger partial charge in [0.15, 0.2) is 0 Å². The van der Waals surface area contributed by atoms with Crippen molar-refractivity contribution < 1.29 is 19.7 Å². The monoisotopic (exact) mass is 368 g/mol. The molecule has 6 nitrogen and oxygen atoms in total. The van der Waals surface area contributed by atoms with Gasteiger partial charge in [0.1, 0.15) is 17.2 Å². The van der Waals surface area contributed by atoms with Crippen molar-refractivity contribution in [3.63, 3.8) is 0 Å². The Bertz CT molecular complexity index is 787. The first-order chi connectivity index (χ1) is 13.0. The molecule has 0 fully saturated rings. The van der Waals surface area contributed by atoms with Gasteiger partial charge in [-0.25, -0.2) is 0 Å². The Morgan fingerprint density at radius 1 is 1.11 bits per heavy atom. The summed E-state index contributed by atoms with van der Waals surface area (Å²) in [6.45, 7) is 2.80. The van der Waals surface area contributed by atoms with E-state index >= 15 is 0 Å². The van der Waals surface area contributed by atoms with Crippen LogP contribution in [-0.2, 0) is 0 Å². The molecule has 0 aromatic heterocycles. The lowest BCUT2D eigenvalue weighted by Crippen LogP contribution is -2.25. The van der Waals surface area contributed by atoms with Crippen molar-refractivity contribution in [1.29, 1.82) is 5.26 Å². The average molecular weight is 368 g/mol. The highest BCUT2D eigenvalue weighted by Gasteiger charge is 2.14. The number of hydrogen-bond acceptors (Lipinski definition) is 5. The first kappa shape index (κ1) is 20.1. The summed E-state index contributed by atoms with van der Waals surface area (Å²) < 4.78 is 5.62. The largest absolute Gasteiger partial charge is 0.508 e. The number of hydrogen-bond donors (Lipinski definition) is 3. The van der Waals surface area contributed by atoms with E-state index in [9.17, 15) is 15.0 Å². The number of phenolic OH excluding ortho intramolecular Hbond substituents is 2. The van der Waals surface area contributed by atoms with Gasteiger partial charge in [-0.15, -0.1) is 0 Å². The van der Waals surface area contributed by atoms with Gasteiger partial charge in [0.25, 0.3) is 5.91 Å². The Morgan fingerprint density at radius 3 is 2.48 bits per heavy atom. The van der Waals surface area contributed by atoms with E-state index in [0.717, 1.165) is 37.5 Å². The number of ether oxygens (including phenoxy) is 1. The van der Waals surface area contributed by atoms with Crippen molar-refractivity contribution >= 4 is 5.91 Å². The van der Waals surface area contributed by atoms with Crippen LogP contribution < -0.4 is 10.1 Å². The van der Waals surface area contributed by atoms with Crippen molar-refractivity contribution in [3.05, 3.63) is 53.1 Å². The molecule has 0 aliphatic carbocycles. The Balaban J connectivity index is 1.59. The van der Waals surface area contributed by atoms with Gasteiger partial charge in [0.2, 0.25) is 0 Å². The number of nitrogens with one attached hydrogen (secondary N) is 1. The van der Waals surface area contributed by atoms with Crippen LogP contribution in [0, 0.1) is 18.3 Å². The Labute approximate surface area is 159 Å². The van der Waals surface area contributed by atoms with E-state index in [2.05, 4.69) is 11.4 Å². The van der Waals surface area contributed by atoms with Crippen LogP contribution in [0.15, 0.2) is 36.4 Å². The molecule has 0 bridgehead atoms. The summed E-state index contributed by atoms with van der Waals surface area (Å²) >= 11 is 0. The molecule has 2 aromatic rings. The molecule has 0 radical (unpaired) electrons. The van der Waals surface area contributed by atoms with Crippen LogP contribution in [0.2, 0.25) is 0 Å². The highest BCUT2D eigenvalue weighted by Crippen LogP contribution is 2.26. The number of rotatable bonds is 9. The first-order valence-electron chi connectivity index (χ1n) is 8.95. The zero-order valence-electron chi connectivity index (χ0n) is 15.4. The number of aryl methyl sites for hydroxylation is 1. The lowest BCUT2D eigenvalue weighted by molar-refractivity contribution is 0.0949. The molecule has 27 heavy (non-hydrogen) atoms. The van der Waals surface area contributed by atoms with Crippen molar-refractivity contribution in [2.24, 2.45) is 0 Å². The fraction of sp³-hybridized carbons (Fsp3) is 0.333. The molecule has 142 valence electrons. The van der Waals surface area contributed by atoms with Crippen LogP contribution in [0.3, 0.4) is 0 Å². The summed E-state index contributed by atoms with van der Waals surface area (Å²) in [6.07, 6.45) is 3.68. The highest BCUT2D eigenvalue weighted by molar-refractivity contribution is 5.98. The van der Waals surface area contributed by atoms with Crippen molar-refractivity contribution in [2.45, 2.75) is 32.6 Å². The summed E-state index contributed by atoms with van der Waals surface area (Å²) in [4.78, 5) is 12.1. The van der Waals surface area contributed by atoms with Crippen LogP contribution in [0.1, 0.15) is 47.2 Å². The van der Waals surface area contributed by atoms with Gasteiger partial charge < -0.3 is 20.3 Å². The number of nitriles is 1. The van der Waals surface area contributed by atoms with Crippen LogP contribution in [0.25, 0.3) is 0 Å². The molecule has 0 aliphatic heterocycles. The minimum Gasteiger partial charge on any atom is -0.508 e. The molecule has 0 spiro atoms. The van der Waals surface area contributed by atoms with Gasteiger partial charge in [0.05, 0.1) is 23.8 Å². The zero-order chi connectivity index (χ0) is 19.6. The highest BCUT2D eigenvalue weighted by atomic mass is 16.5. The van der Waals surface area contributed by atoms with Gasteiger partial charge in [-0.1, -0.05) is 12.8 Å². The number of nitrogens with zero attached hydrogens (tertiary/aromatic N) is 1. The maximum atomic E-state index is 12.1. The fourth-order valence-corrected chi connectivity index (χ4v) is 2.73. The van der Waals surface area contributed by atoms with Crippen molar-refractivity contribution in [2.75, 3.05) is 13.2 Å². The topological polar surface area (TPSA) is 103 Å². The predicted octanol–water partition coefficient (Wildman–Crippen LogP) is 3.65. The van der Waals surface area contributed by atoms with Crippen LogP contribution in [-0.4, -0.2) is 29.3 Å². The Kier molecular flexibility index (Phi) is 7.50. The second kappa shape index (κ2) is 10.1. The molecule has 2 aromatic carbocycles. The molecular weight excluding hydrogens is 344 g/mol. The summed E-state index contributed by atoms with van der Waals surface area (Å²) in [6, 6.07) is 11.7. The summed E-state index contributed by atoms with van der Waals surface area (Å²) in [5.41, 5.74) is 1.34. The summed E-state index contributed by atoms with van der Waals surface area (Å²) in [5, 5.41) is 30.7. The van der Waals surface area contributed by atoms with E-state index in [-0.39, 0.29) is 23.0 Å². The van der Waals surface area contributed by atoms with Crippen molar-refractivity contribution in [3.8, 4) is 23.3 Å². The number of benzene rings is 2. The molecule has 2 rings (SSSR count). The Hall–Kier alpha value is -3.20. The van der Waals surface area contributed by atoms with Gasteiger partial charge in [-0.05, 0) is 55.7 Å². The molecular formula is C21H24N2O4. The van der Waals surface area contributed by atoms with E-state index < -0.39 is 0 Å². The third kappa shape index (κ3) is 6.23. The van der Waals surface area contributed by atoms with Gasteiger partial charge in [0, 0.05) is 12.6 Å². The lowest BCUT2D eigenvalue weighted by Gasteiger charge is -2.10. The molecule has 0 saturated carbocycles. The minimum atomic E-state index is -0.339. The molecule has 0 heterocycles. The smallest absolute Gasteiger partial charge is 0.255 e. The molecule has 0 aliphatic rings. The fourth-order valence-electron chi connectivity index (χ4n) is 2.73. The molecule has 0 atom stereocenters. The normalized spacial score (nSPS) is 10.2. The lowest BCUT2D eigenvalue weighted by atomic mass is 10.1. The van der Waals surface area contributed by atoms with Crippen molar-refractivity contribution in [1.82, 2.24) is 5.32 Å². The summed E-state index contributed by atoms with van der Waals surface area (Å²) in [7, 11) is 0. The second-order valence-electron chi connectivity index (χ2n) is 6.31. The minimum absolute atomic E-state index is 0.0650. The predicted molar refractivity (Wildman–Crippen MR) is 102 cm³/mol. The van der Waals surface area contributed by atoms with Crippen LogP contribution in [0.5, 0.6) is 17.2 Å². The number of amides is 1. The second-order valence-corrected chi connectivity index (χ2v) is 6.31. The standard InChI is InChI=1S/C21H24N2O4/c1-15-12-17(24)13-19(25)20(15)21(26)23-10-4-2-3-5-11-27-18-8-6-16(14-22)7-9-18/h6-9,12-13,24-25H,2-5,10-11H2,1H3,(H,23,26). The quantitative estimate of drug-likeness (QED) is 0.586. The molecule has 0 unspecified atom stereocenters. The van der Waals surface area contributed by atoms with E-state index in [1.165, 1.54) is 6.07 Å². The SMILES string of the molecule is Cc1cc(O)cc(O)c1C(=O)NCCCCCCOc1ccc(C#N)cc1. The van der Waals surface area contributed by atoms with E-state index in [1.807, 2.05) is 0 Å². The van der Waals surface area contributed by atoms with E-state index in [0.29, 0.717) is 24.3 Å².